The Morgan fingerprint density at radius 3 is 2.50 bits per heavy atom. The zero-order chi connectivity index (χ0) is 34.0. The lowest BCUT2D eigenvalue weighted by Gasteiger charge is -2.37. The van der Waals surface area contributed by atoms with E-state index in [4.69, 9.17) is 22.1 Å². The number of halogens is 4. The minimum Gasteiger partial charge on any atom is -0.397 e. The first-order valence-corrected chi connectivity index (χ1v) is 15.3. The highest BCUT2D eigenvalue weighted by Gasteiger charge is 2.39. The van der Waals surface area contributed by atoms with E-state index in [0.717, 1.165) is 6.20 Å². The summed E-state index contributed by atoms with van der Waals surface area (Å²) in [5, 5.41) is 11.8. The van der Waals surface area contributed by atoms with Crippen molar-refractivity contribution in [2.45, 2.75) is 18.8 Å². The van der Waals surface area contributed by atoms with Gasteiger partial charge in [-0.3, -0.25) is 24.5 Å². The van der Waals surface area contributed by atoms with Crippen molar-refractivity contribution < 1.29 is 32.3 Å². The summed E-state index contributed by atoms with van der Waals surface area (Å²) in [6.45, 7) is 2.95. The van der Waals surface area contributed by atoms with Crippen molar-refractivity contribution >= 4 is 35.0 Å². The van der Waals surface area contributed by atoms with Gasteiger partial charge in [0.25, 0.3) is 11.8 Å². The van der Waals surface area contributed by atoms with E-state index in [1.54, 1.807) is 28.0 Å². The molecule has 0 unspecified atom stereocenters. The fraction of sp³-hybridized carbons (Fsp3) is 0.333. The Labute approximate surface area is 276 Å². The van der Waals surface area contributed by atoms with Gasteiger partial charge < -0.3 is 35.9 Å². The number of anilines is 1. The molecule has 48 heavy (non-hydrogen) atoms. The number of nitrogens with zero attached hydrogens (tertiary/aromatic N) is 5. The second kappa shape index (κ2) is 13.6. The fourth-order valence-corrected chi connectivity index (χ4v) is 5.74. The van der Waals surface area contributed by atoms with E-state index in [1.165, 1.54) is 18.3 Å². The standard InChI is InChI=1S/C30H30ClF3N10O4/c31-19-11-16(1-3-18(19)28(46)43-6-8-44(9-7-43)29(47)22-15-48-10-5-36-22)12-39-27(45)26-38-14-21(40-26)23-24(20-4-2-17(35)13-37-20)41-42-25(23)30(32,33)34/h1-4,11,13-14,22,36H,5-10,12,15,35H2,(H,38,40)(H,39,45)(H,41,42)/t22-/m0/s1. The lowest BCUT2D eigenvalue weighted by molar-refractivity contribution is -0.140. The Morgan fingerprint density at radius 1 is 1.06 bits per heavy atom. The molecular weight excluding hydrogens is 657 g/mol. The number of hydrogen-bond donors (Lipinski definition) is 5. The van der Waals surface area contributed by atoms with Gasteiger partial charge in [-0.25, -0.2) is 4.98 Å². The first kappa shape index (κ1) is 32.9. The number of hydrogen-bond acceptors (Lipinski definition) is 9. The maximum Gasteiger partial charge on any atom is 0.433 e. The molecule has 0 spiro atoms. The number of nitrogens with one attached hydrogen (secondary N) is 4. The van der Waals surface area contributed by atoms with Gasteiger partial charge in [0.2, 0.25) is 5.91 Å². The number of alkyl halides is 3. The first-order chi connectivity index (χ1) is 23.0. The molecule has 1 aromatic carbocycles. The third kappa shape index (κ3) is 6.97. The number of aromatic amines is 2. The van der Waals surface area contributed by atoms with Crippen molar-refractivity contribution in [2.75, 3.05) is 51.7 Å². The zero-order valence-electron chi connectivity index (χ0n) is 25.2. The smallest absolute Gasteiger partial charge is 0.397 e. The number of nitrogens with two attached hydrogens (primary N) is 1. The number of H-pyrrole nitrogens is 2. The van der Waals surface area contributed by atoms with Crippen LogP contribution in [-0.4, -0.2) is 105 Å². The lowest BCUT2D eigenvalue weighted by Crippen LogP contribution is -2.57. The van der Waals surface area contributed by atoms with Gasteiger partial charge in [-0.2, -0.15) is 18.3 Å². The number of benzene rings is 1. The predicted molar refractivity (Wildman–Crippen MR) is 167 cm³/mol. The summed E-state index contributed by atoms with van der Waals surface area (Å²) in [6.07, 6.45) is -2.40. The van der Waals surface area contributed by atoms with Gasteiger partial charge in [0.05, 0.1) is 58.8 Å². The van der Waals surface area contributed by atoms with Crippen LogP contribution in [0.25, 0.3) is 22.6 Å². The highest BCUT2D eigenvalue weighted by atomic mass is 35.5. The number of piperazine rings is 1. The molecule has 2 fully saturated rings. The number of carbonyl (C=O) groups excluding carboxylic acids is 3. The highest BCUT2D eigenvalue weighted by molar-refractivity contribution is 6.33. The number of carbonyl (C=O) groups is 3. The molecule has 14 nitrogen and oxygen atoms in total. The number of nitrogen functional groups attached to an aromatic ring is 1. The summed E-state index contributed by atoms with van der Waals surface area (Å²) >= 11 is 6.46. The second-order valence-electron chi connectivity index (χ2n) is 11.1. The van der Waals surface area contributed by atoms with Crippen LogP contribution >= 0.6 is 11.6 Å². The molecule has 6 rings (SSSR count). The van der Waals surface area contributed by atoms with E-state index in [1.807, 2.05) is 5.10 Å². The van der Waals surface area contributed by atoms with E-state index >= 15 is 0 Å². The number of amides is 3. The average molecular weight is 687 g/mol. The molecule has 3 amide bonds. The molecule has 6 N–H and O–H groups in total. The molecular formula is C30H30ClF3N10O4. The molecule has 252 valence electrons. The molecule has 2 aliphatic rings. The van der Waals surface area contributed by atoms with Crippen molar-refractivity contribution in [2.24, 2.45) is 0 Å². The molecule has 0 saturated carbocycles. The van der Waals surface area contributed by atoms with E-state index in [2.05, 4.69) is 30.7 Å². The number of aromatic nitrogens is 5. The van der Waals surface area contributed by atoms with Gasteiger partial charge in [0.1, 0.15) is 17.4 Å². The van der Waals surface area contributed by atoms with Crippen LogP contribution in [0.1, 0.15) is 32.2 Å². The van der Waals surface area contributed by atoms with Crippen LogP contribution < -0.4 is 16.4 Å². The summed E-state index contributed by atoms with van der Waals surface area (Å²) in [5.74, 6) is -1.26. The third-order valence-electron chi connectivity index (χ3n) is 7.95. The highest BCUT2D eigenvalue weighted by Crippen LogP contribution is 2.40. The number of morpholine rings is 1. The van der Waals surface area contributed by atoms with Crippen LogP contribution in [0.5, 0.6) is 0 Å². The van der Waals surface area contributed by atoms with E-state index in [-0.39, 0.29) is 63.5 Å². The maximum atomic E-state index is 13.8. The number of ether oxygens (including phenoxy) is 1. The van der Waals surface area contributed by atoms with E-state index < -0.39 is 17.8 Å². The Hall–Kier alpha value is -5.00. The minimum atomic E-state index is -4.79. The zero-order valence-corrected chi connectivity index (χ0v) is 26.0. The van der Waals surface area contributed by atoms with Gasteiger partial charge >= 0.3 is 6.18 Å². The monoisotopic (exact) mass is 686 g/mol. The van der Waals surface area contributed by atoms with Crippen LogP contribution in [-0.2, 0) is 22.3 Å². The average Bonchev–Trinajstić information content (AvgIpc) is 3.76. The molecule has 0 radical (unpaired) electrons. The molecule has 4 aromatic rings. The molecule has 1 atom stereocenters. The Bertz CT molecular complexity index is 1810. The quantitative estimate of drug-likeness (QED) is 0.194. The van der Waals surface area contributed by atoms with Gasteiger partial charge in [0.15, 0.2) is 5.82 Å². The third-order valence-corrected chi connectivity index (χ3v) is 8.27. The summed E-state index contributed by atoms with van der Waals surface area (Å²) in [5.41, 5.74) is 5.24. The minimum absolute atomic E-state index is 0.0110. The van der Waals surface area contributed by atoms with Crippen LogP contribution in [0.4, 0.5) is 18.9 Å². The van der Waals surface area contributed by atoms with Crippen LogP contribution in [0.2, 0.25) is 5.02 Å². The van der Waals surface area contributed by atoms with E-state index in [9.17, 15) is 27.6 Å². The largest absolute Gasteiger partial charge is 0.433 e. The van der Waals surface area contributed by atoms with Crippen LogP contribution in [0.3, 0.4) is 0 Å². The summed E-state index contributed by atoms with van der Waals surface area (Å²) in [4.78, 5) is 52.9. The van der Waals surface area contributed by atoms with Gasteiger partial charge in [-0.1, -0.05) is 17.7 Å². The molecule has 5 heterocycles. The number of imidazole rings is 1. The van der Waals surface area contributed by atoms with Gasteiger partial charge in [-0.15, -0.1) is 0 Å². The van der Waals surface area contributed by atoms with Crippen molar-refractivity contribution in [3.63, 3.8) is 0 Å². The van der Waals surface area contributed by atoms with Gasteiger partial charge in [0, 0.05) is 39.3 Å². The number of rotatable bonds is 7. The SMILES string of the molecule is Nc1ccc(-c2n[nH]c(C(F)(F)F)c2-c2cnc(C(=O)NCc3ccc(C(=O)N4CCN(C(=O)[C@@H]5COCCN5)CC4)c(Cl)c3)[nH]2)nc1. The first-order valence-electron chi connectivity index (χ1n) is 14.9. The Kier molecular flexibility index (Phi) is 9.34. The van der Waals surface area contributed by atoms with E-state index in [0.29, 0.717) is 57.2 Å². The van der Waals surface area contributed by atoms with Gasteiger partial charge in [-0.05, 0) is 29.8 Å². The molecule has 0 aliphatic carbocycles. The summed E-state index contributed by atoms with van der Waals surface area (Å²) in [6, 6.07) is 7.26. The topological polar surface area (TPSA) is 187 Å². The second-order valence-corrected chi connectivity index (χ2v) is 11.5. The fourth-order valence-electron chi connectivity index (χ4n) is 5.46. The Morgan fingerprint density at radius 2 is 1.83 bits per heavy atom. The van der Waals surface area contributed by atoms with Crippen molar-refractivity contribution in [3.05, 3.63) is 70.4 Å². The molecule has 18 heteroatoms. The predicted octanol–water partition coefficient (Wildman–Crippen LogP) is 2.32. The molecule has 2 aliphatic heterocycles. The van der Waals surface area contributed by atoms with Crippen molar-refractivity contribution in [1.82, 2.24) is 45.6 Å². The molecule has 2 saturated heterocycles. The molecule has 3 aromatic heterocycles. The van der Waals surface area contributed by atoms with Crippen LogP contribution in [0.15, 0.2) is 42.7 Å². The van der Waals surface area contributed by atoms with Crippen molar-refractivity contribution in [1.29, 1.82) is 0 Å². The lowest BCUT2D eigenvalue weighted by atomic mass is 10.1. The summed E-state index contributed by atoms with van der Waals surface area (Å²) in [7, 11) is 0. The number of pyridine rings is 1. The van der Waals surface area contributed by atoms with Crippen LogP contribution in [0, 0.1) is 0 Å². The van der Waals surface area contributed by atoms with Crippen molar-refractivity contribution in [3.8, 4) is 22.6 Å². The normalized spacial score (nSPS) is 17.0. The molecule has 0 bridgehead atoms. The Balaban J connectivity index is 1.08. The summed E-state index contributed by atoms with van der Waals surface area (Å²) < 4.78 is 46.9. The maximum absolute atomic E-state index is 13.8.